The van der Waals surface area contributed by atoms with E-state index in [0.29, 0.717) is 5.92 Å². The van der Waals surface area contributed by atoms with Gasteiger partial charge in [-0.25, -0.2) is 5.01 Å². The molecular weight excluding hydrogens is 298 g/mol. The van der Waals surface area contributed by atoms with Crippen molar-refractivity contribution in [2.75, 3.05) is 6.61 Å². The summed E-state index contributed by atoms with van der Waals surface area (Å²) in [7, 11) is 0. The molecule has 2 unspecified atom stereocenters. The summed E-state index contributed by atoms with van der Waals surface area (Å²) in [6.07, 6.45) is 7.78. The van der Waals surface area contributed by atoms with E-state index in [4.69, 9.17) is 15.2 Å². The van der Waals surface area contributed by atoms with Crippen LogP contribution in [-0.2, 0) is 6.42 Å². The third-order valence-electron chi connectivity index (χ3n) is 4.60. The van der Waals surface area contributed by atoms with Gasteiger partial charge < -0.3 is 5.11 Å². The molecule has 2 aliphatic rings. The number of aliphatic imine (C=N–C) groups is 1. The van der Waals surface area contributed by atoms with Gasteiger partial charge in [-0.05, 0) is 43.9 Å². The van der Waals surface area contributed by atoms with Crippen molar-refractivity contribution in [3.8, 4) is 0 Å². The maximum atomic E-state index is 8.86. The van der Waals surface area contributed by atoms with E-state index in [2.05, 4.69) is 56.1 Å². The maximum absolute atomic E-state index is 8.86. The molecule has 3 rings (SSSR count). The second-order valence-electron chi connectivity index (χ2n) is 6.40. The van der Waals surface area contributed by atoms with Gasteiger partial charge in [-0.1, -0.05) is 43.3 Å². The Kier molecular flexibility index (Phi) is 4.95. The summed E-state index contributed by atoms with van der Waals surface area (Å²) in [5, 5.41) is 15.8. The minimum absolute atomic E-state index is 0.0713. The number of fused-ring (bicyclic) bond motifs is 1. The van der Waals surface area contributed by atoms with Crippen LogP contribution in [0.2, 0.25) is 0 Å². The summed E-state index contributed by atoms with van der Waals surface area (Å²) in [5.41, 5.74) is 5.89. The Hall–Kier alpha value is -2.20. The van der Waals surface area contributed by atoms with Crippen molar-refractivity contribution in [3.05, 3.63) is 53.2 Å². The van der Waals surface area contributed by atoms with Crippen LogP contribution in [0.4, 0.5) is 0 Å². The van der Waals surface area contributed by atoms with Gasteiger partial charge in [0.15, 0.2) is 0 Å². The largest absolute Gasteiger partial charge is 0.392 e. The fourth-order valence-corrected chi connectivity index (χ4v) is 3.42. The molecule has 1 aromatic rings. The van der Waals surface area contributed by atoms with E-state index in [1.54, 1.807) is 6.08 Å². The molecule has 2 aliphatic heterocycles. The summed E-state index contributed by atoms with van der Waals surface area (Å²) >= 11 is 0. The van der Waals surface area contributed by atoms with Gasteiger partial charge >= 0.3 is 0 Å². The maximum Gasteiger partial charge on any atom is 0.150 e. The lowest BCUT2D eigenvalue weighted by Crippen LogP contribution is -2.35. The van der Waals surface area contributed by atoms with Gasteiger partial charge in [0.1, 0.15) is 6.17 Å². The highest BCUT2D eigenvalue weighted by atomic mass is 16.2. The molecule has 2 heterocycles. The van der Waals surface area contributed by atoms with Crippen molar-refractivity contribution < 1.29 is 5.11 Å². The molecule has 2 atom stereocenters. The standard InChI is InChI=1S/C20H25N3O/c1-4-19-18(20-21-14(2)12-15(3)23(20)22-19)13-17-9-7-16(8-10-17)6-5-11-24/h5-10,12,18,20,24H,4,11,13H2,1-3H3/b6-5+. The van der Waals surface area contributed by atoms with Crippen LogP contribution in [0, 0.1) is 5.92 Å². The highest BCUT2D eigenvalue weighted by molar-refractivity contribution is 5.96. The average molecular weight is 323 g/mol. The van der Waals surface area contributed by atoms with E-state index in [-0.39, 0.29) is 12.8 Å². The van der Waals surface area contributed by atoms with Gasteiger partial charge in [0.05, 0.1) is 6.61 Å². The highest BCUT2D eigenvalue weighted by Gasteiger charge is 2.38. The average Bonchev–Trinajstić information content (AvgIpc) is 2.92. The number of rotatable bonds is 5. The molecular formula is C20H25N3O. The van der Waals surface area contributed by atoms with Crippen molar-refractivity contribution >= 4 is 17.5 Å². The third-order valence-corrected chi connectivity index (χ3v) is 4.60. The number of aliphatic hydroxyl groups is 1. The minimum atomic E-state index is 0.0713. The Bertz CT molecular complexity index is 713. The van der Waals surface area contributed by atoms with Gasteiger partial charge in [0.25, 0.3) is 0 Å². The van der Waals surface area contributed by atoms with E-state index in [0.717, 1.165) is 24.1 Å². The molecule has 0 spiro atoms. The van der Waals surface area contributed by atoms with E-state index < -0.39 is 0 Å². The topological polar surface area (TPSA) is 48.2 Å². The zero-order chi connectivity index (χ0) is 17.1. The normalized spacial score (nSPS) is 23.2. The van der Waals surface area contributed by atoms with Crippen molar-refractivity contribution in [1.82, 2.24) is 5.01 Å². The molecule has 4 nitrogen and oxygen atoms in total. The van der Waals surface area contributed by atoms with Crippen LogP contribution in [0.5, 0.6) is 0 Å². The van der Waals surface area contributed by atoms with Crippen LogP contribution in [0.15, 0.2) is 52.2 Å². The molecule has 1 N–H and O–H groups in total. The molecule has 0 aromatic heterocycles. The molecule has 0 bridgehead atoms. The lowest BCUT2D eigenvalue weighted by atomic mass is 9.90. The molecule has 0 saturated carbocycles. The summed E-state index contributed by atoms with van der Waals surface area (Å²) in [6.45, 7) is 6.40. The first-order valence-corrected chi connectivity index (χ1v) is 8.58. The van der Waals surface area contributed by atoms with Gasteiger partial charge in [-0.2, -0.15) is 5.10 Å². The zero-order valence-electron chi connectivity index (χ0n) is 14.6. The van der Waals surface area contributed by atoms with E-state index >= 15 is 0 Å². The molecule has 0 radical (unpaired) electrons. The lowest BCUT2D eigenvalue weighted by molar-refractivity contribution is 0.259. The van der Waals surface area contributed by atoms with Crippen LogP contribution in [-0.4, -0.2) is 34.3 Å². The lowest BCUT2D eigenvalue weighted by Gasteiger charge is -2.28. The molecule has 1 aromatic carbocycles. The fraction of sp³-hybridized carbons (Fsp3) is 0.400. The SMILES string of the molecule is CCC1=NN2C(C)=CC(C)=NC2C1Cc1ccc(/C=C/CO)cc1. The van der Waals surface area contributed by atoms with Crippen LogP contribution < -0.4 is 0 Å². The number of nitrogens with zero attached hydrogens (tertiary/aromatic N) is 3. The number of hydrogen-bond acceptors (Lipinski definition) is 4. The van der Waals surface area contributed by atoms with E-state index in [1.807, 2.05) is 6.08 Å². The second kappa shape index (κ2) is 7.14. The zero-order valence-corrected chi connectivity index (χ0v) is 14.6. The van der Waals surface area contributed by atoms with Crippen molar-refractivity contribution in [1.29, 1.82) is 0 Å². The Labute approximate surface area is 143 Å². The Morgan fingerprint density at radius 2 is 1.96 bits per heavy atom. The molecule has 126 valence electrons. The summed E-state index contributed by atoms with van der Waals surface area (Å²) in [5.74, 6) is 0.326. The Morgan fingerprint density at radius 1 is 1.21 bits per heavy atom. The number of hydrazone groups is 1. The van der Waals surface area contributed by atoms with Crippen molar-refractivity contribution in [2.24, 2.45) is 16.0 Å². The van der Waals surface area contributed by atoms with Gasteiger partial charge in [0, 0.05) is 23.0 Å². The predicted molar refractivity (Wildman–Crippen MR) is 100.0 cm³/mol. The van der Waals surface area contributed by atoms with Gasteiger partial charge in [-0.3, -0.25) is 4.99 Å². The molecule has 24 heavy (non-hydrogen) atoms. The monoisotopic (exact) mass is 323 g/mol. The first kappa shape index (κ1) is 16.7. The van der Waals surface area contributed by atoms with Crippen molar-refractivity contribution in [3.63, 3.8) is 0 Å². The van der Waals surface area contributed by atoms with Crippen LogP contribution in [0.3, 0.4) is 0 Å². The quantitative estimate of drug-likeness (QED) is 0.899. The Morgan fingerprint density at radius 3 is 2.62 bits per heavy atom. The van der Waals surface area contributed by atoms with Gasteiger partial charge in [0.2, 0.25) is 0 Å². The van der Waals surface area contributed by atoms with Crippen LogP contribution in [0.25, 0.3) is 6.08 Å². The van der Waals surface area contributed by atoms with Gasteiger partial charge in [-0.15, -0.1) is 0 Å². The van der Waals surface area contributed by atoms with E-state index in [9.17, 15) is 0 Å². The van der Waals surface area contributed by atoms with E-state index in [1.165, 1.54) is 17.0 Å². The summed E-state index contributed by atoms with van der Waals surface area (Å²) in [4.78, 5) is 4.84. The molecule has 0 amide bonds. The number of allylic oxidation sites excluding steroid dienone is 2. The molecule has 0 aliphatic carbocycles. The number of hydrogen-bond donors (Lipinski definition) is 1. The fourth-order valence-electron chi connectivity index (χ4n) is 3.42. The predicted octanol–water partition coefficient (Wildman–Crippen LogP) is 3.64. The van der Waals surface area contributed by atoms with Crippen molar-refractivity contribution in [2.45, 2.75) is 39.8 Å². The number of aliphatic hydroxyl groups excluding tert-OH is 1. The Balaban J connectivity index is 1.80. The first-order chi connectivity index (χ1) is 11.6. The molecule has 0 fully saturated rings. The second-order valence-corrected chi connectivity index (χ2v) is 6.40. The summed E-state index contributed by atoms with van der Waals surface area (Å²) in [6, 6.07) is 8.51. The van der Waals surface area contributed by atoms with Crippen LogP contribution in [0.1, 0.15) is 38.3 Å². The summed E-state index contributed by atoms with van der Waals surface area (Å²) < 4.78 is 0. The molecule has 0 saturated heterocycles. The smallest absolute Gasteiger partial charge is 0.150 e. The van der Waals surface area contributed by atoms with Crippen LogP contribution >= 0.6 is 0 Å². The minimum Gasteiger partial charge on any atom is -0.392 e. The first-order valence-electron chi connectivity index (χ1n) is 8.58. The number of benzene rings is 1. The highest BCUT2D eigenvalue weighted by Crippen LogP contribution is 2.33. The third kappa shape index (κ3) is 3.34. The molecule has 4 heteroatoms.